The van der Waals surface area contributed by atoms with Crippen molar-refractivity contribution in [1.82, 2.24) is 4.90 Å². The molecular weight excluding hydrogens is 270 g/mol. The van der Waals surface area contributed by atoms with Crippen LogP contribution in [0.25, 0.3) is 0 Å². The summed E-state index contributed by atoms with van der Waals surface area (Å²) in [6.45, 7) is 5.28. The summed E-state index contributed by atoms with van der Waals surface area (Å²) in [4.78, 5) is 13.7. The van der Waals surface area contributed by atoms with E-state index < -0.39 is 0 Å². The van der Waals surface area contributed by atoms with Crippen LogP contribution in [0.2, 0.25) is 0 Å². The second kappa shape index (κ2) is 8.64. The molecule has 1 aliphatic rings. The second-order valence-electron chi connectivity index (χ2n) is 4.94. The van der Waals surface area contributed by atoms with Crippen molar-refractivity contribution in [2.24, 2.45) is 0 Å². The maximum Gasteiger partial charge on any atom is 0.415 e. The molecular formula is C16H23NO4. The lowest BCUT2D eigenvalue weighted by atomic mass is 10.1. The van der Waals surface area contributed by atoms with Gasteiger partial charge in [-0.3, -0.25) is 0 Å². The highest BCUT2D eigenvalue weighted by atomic mass is 16.6. The molecule has 0 spiro atoms. The van der Waals surface area contributed by atoms with E-state index in [1.54, 1.807) is 17.0 Å². The highest BCUT2D eigenvalue weighted by Gasteiger charge is 2.24. The fourth-order valence-corrected chi connectivity index (χ4v) is 2.28. The Morgan fingerprint density at radius 3 is 2.57 bits per heavy atom. The van der Waals surface area contributed by atoms with E-state index in [4.69, 9.17) is 14.2 Å². The molecule has 1 aromatic rings. The Bertz CT molecular complexity index is 416. The van der Waals surface area contributed by atoms with Crippen molar-refractivity contribution in [3.05, 3.63) is 30.3 Å². The van der Waals surface area contributed by atoms with Gasteiger partial charge in [0.1, 0.15) is 5.75 Å². The zero-order valence-corrected chi connectivity index (χ0v) is 12.5. The van der Waals surface area contributed by atoms with Gasteiger partial charge in [-0.2, -0.15) is 0 Å². The number of piperidine rings is 1. The third kappa shape index (κ3) is 5.36. The van der Waals surface area contributed by atoms with Crippen LogP contribution in [0, 0.1) is 0 Å². The van der Waals surface area contributed by atoms with Crippen LogP contribution in [-0.2, 0) is 9.47 Å². The molecule has 1 saturated heterocycles. The lowest BCUT2D eigenvalue weighted by Crippen LogP contribution is -2.42. The topological polar surface area (TPSA) is 48.0 Å². The lowest BCUT2D eigenvalue weighted by Gasteiger charge is -2.31. The lowest BCUT2D eigenvalue weighted by molar-refractivity contribution is -0.0178. The van der Waals surface area contributed by atoms with Crippen LogP contribution < -0.4 is 4.74 Å². The van der Waals surface area contributed by atoms with E-state index in [2.05, 4.69) is 0 Å². The first kappa shape index (κ1) is 15.8. The zero-order chi connectivity index (χ0) is 14.9. The molecule has 2 rings (SSSR count). The van der Waals surface area contributed by atoms with Crippen molar-refractivity contribution in [3.63, 3.8) is 0 Å². The van der Waals surface area contributed by atoms with Gasteiger partial charge in [0, 0.05) is 19.7 Å². The van der Waals surface area contributed by atoms with Crippen LogP contribution in [0.5, 0.6) is 5.75 Å². The average molecular weight is 293 g/mol. The molecule has 5 heteroatoms. The largest absolute Gasteiger partial charge is 0.415 e. The van der Waals surface area contributed by atoms with E-state index in [1.807, 2.05) is 25.1 Å². The monoisotopic (exact) mass is 293 g/mol. The fraction of sp³-hybridized carbons (Fsp3) is 0.562. The molecule has 0 N–H and O–H groups in total. The highest BCUT2D eigenvalue weighted by molar-refractivity contribution is 5.70. The number of hydrogen-bond acceptors (Lipinski definition) is 4. The molecule has 21 heavy (non-hydrogen) atoms. The van der Waals surface area contributed by atoms with Gasteiger partial charge in [0.2, 0.25) is 0 Å². The van der Waals surface area contributed by atoms with E-state index in [9.17, 15) is 4.79 Å². The van der Waals surface area contributed by atoms with Gasteiger partial charge < -0.3 is 19.1 Å². The minimum Gasteiger partial charge on any atom is -0.410 e. The first-order valence-corrected chi connectivity index (χ1v) is 7.50. The summed E-state index contributed by atoms with van der Waals surface area (Å²) in [6.07, 6.45) is 1.62. The number of amides is 1. The van der Waals surface area contributed by atoms with Gasteiger partial charge in [-0.15, -0.1) is 0 Å². The molecule has 0 aliphatic carbocycles. The standard InChI is InChI=1S/C16H23NO4/c1-2-19-12-13-20-14-8-10-17(11-9-14)16(18)21-15-6-4-3-5-7-15/h3-7,14H,2,8-13H2,1H3. The van der Waals surface area contributed by atoms with Crippen LogP contribution in [0.3, 0.4) is 0 Å². The second-order valence-corrected chi connectivity index (χ2v) is 4.94. The van der Waals surface area contributed by atoms with Crippen LogP contribution in [0.15, 0.2) is 30.3 Å². The molecule has 5 nitrogen and oxygen atoms in total. The first-order valence-electron chi connectivity index (χ1n) is 7.50. The van der Waals surface area contributed by atoms with Crippen molar-refractivity contribution < 1.29 is 19.0 Å². The molecule has 0 radical (unpaired) electrons. The van der Waals surface area contributed by atoms with Gasteiger partial charge in [-0.1, -0.05) is 18.2 Å². The maximum absolute atomic E-state index is 12.0. The van der Waals surface area contributed by atoms with E-state index in [-0.39, 0.29) is 12.2 Å². The molecule has 0 unspecified atom stereocenters. The van der Waals surface area contributed by atoms with Gasteiger partial charge in [0.15, 0.2) is 0 Å². The Labute approximate surface area is 125 Å². The summed E-state index contributed by atoms with van der Waals surface area (Å²) >= 11 is 0. The molecule has 0 atom stereocenters. The van der Waals surface area contributed by atoms with Crippen molar-refractivity contribution in [1.29, 1.82) is 0 Å². The van der Waals surface area contributed by atoms with Crippen LogP contribution >= 0.6 is 0 Å². The normalized spacial score (nSPS) is 16.0. The van der Waals surface area contributed by atoms with Gasteiger partial charge in [0.05, 0.1) is 19.3 Å². The summed E-state index contributed by atoms with van der Waals surface area (Å²) < 4.78 is 16.3. The van der Waals surface area contributed by atoms with Crippen molar-refractivity contribution in [3.8, 4) is 5.75 Å². The molecule has 0 aromatic heterocycles. The predicted molar refractivity (Wildman–Crippen MR) is 79.5 cm³/mol. The number of nitrogens with zero attached hydrogens (tertiary/aromatic N) is 1. The van der Waals surface area contributed by atoms with E-state index in [0.717, 1.165) is 12.8 Å². The Kier molecular flexibility index (Phi) is 6.50. The van der Waals surface area contributed by atoms with Crippen molar-refractivity contribution in [2.45, 2.75) is 25.9 Å². The van der Waals surface area contributed by atoms with Crippen molar-refractivity contribution in [2.75, 3.05) is 32.9 Å². The summed E-state index contributed by atoms with van der Waals surface area (Å²) in [5.74, 6) is 0.581. The third-order valence-corrected chi connectivity index (χ3v) is 3.43. The fourth-order valence-electron chi connectivity index (χ4n) is 2.28. The Morgan fingerprint density at radius 1 is 1.19 bits per heavy atom. The molecule has 116 valence electrons. The quantitative estimate of drug-likeness (QED) is 0.757. The maximum atomic E-state index is 12.0. The SMILES string of the molecule is CCOCCOC1CCN(C(=O)Oc2ccccc2)CC1. The molecule has 1 aliphatic heterocycles. The van der Waals surface area contributed by atoms with E-state index in [1.165, 1.54) is 0 Å². The number of benzene rings is 1. The summed E-state index contributed by atoms with van der Waals surface area (Å²) in [5.41, 5.74) is 0. The number of carbonyl (C=O) groups is 1. The molecule has 1 amide bonds. The summed E-state index contributed by atoms with van der Waals surface area (Å²) in [5, 5.41) is 0. The van der Waals surface area contributed by atoms with Crippen molar-refractivity contribution >= 4 is 6.09 Å². The molecule has 0 saturated carbocycles. The van der Waals surface area contributed by atoms with Crippen LogP contribution in [0.1, 0.15) is 19.8 Å². The molecule has 1 fully saturated rings. The third-order valence-electron chi connectivity index (χ3n) is 3.43. The van der Waals surface area contributed by atoms with Gasteiger partial charge >= 0.3 is 6.09 Å². The van der Waals surface area contributed by atoms with Gasteiger partial charge in [-0.05, 0) is 31.9 Å². The number of rotatable bonds is 6. The molecule has 1 heterocycles. The average Bonchev–Trinajstić information content (AvgIpc) is 2.53. The highest BCUT2D eigenvalue weighted by Crippen LogP contribution is 2.16. The molecule has 1 aromatic carbocycles. The summed E-state index contributed by atoms with van der Waals surface area (Å²) in [7, 11) is 0. The Hall–Kier alpha value is -1.59. The number of hydrogen-bond donors (Lipinski definition) is 0. The Morgan fingerprint density at radius 2 is 1.90 bits per heavy atom. The Balaban J connectivity index is 1.67. The van der Waals surface area contributed by atoms with Gasteiger partial charge in [-0.25, -0.2) is 4.79 Å². The minimum absolute atomic E-state index is 0.214. The minimum atomic E-state index is -0.283. The number of carbonyl (C=O) groups excluding carboxylic acids is 1. The van der Waals surface area contributed by atoms with E-state index in [0.29, 0.717) is 38.7 Å². The molecule has 0 bridgehead atoms. The smallest absolute Gasteiger partial charge is 0.410 e. The van der Waals surface area contributed by atoms with E-state index >= 15 is 0 Å². The number of ether oxygens (including phenoxy) is 3. The number of likely N-dealkylation sites (tertiary alicyclic amines) is 1. The van der Waals surface area contributed by atoms with Crippen LogP contribution in [-0.4, -0.2) is 50.0 Å². The van der Waals surface area contributed by atoms with Crippen LogP contribution in [0.4, 0.5) is 4.79 Å². The van der Waals surface area contributed by atoms with Gasteiger partial charge in [0.25, 0.3) is 0 Å². The predicted octanol–water partition coefficient (Wildman–Crippen LogP) is 2.70. The summed E-state index contributed by atoms with van der Waals surface area (Å²) in [6, 6.07) is 9.15. The number of para-hydroxylation sites is 1. The first-order chi connectivity index (χ1) is 10.3. The zero-order valence-electron chi connectivity index (χ0n) is 12.5.